The van der Waals surface area contributed by atoms with E-state index in [2.05, 4.69) is 5.32 Å². The Morgan fingerprint density at radius 3 is 2.07 bits per heavy atom. The van der Waals surface area contributed by atoms with E-state index in [1.807, 2.05) is 32.9 Å². The molecule has 1 aromatic carbocycles. The average Bonchev–Trinajstić information content (AvgIpc) is 2.09. The number of nitrogens with one attached hydrogen (secondary N) is 1. The third kappa shape index (κ3) is 2.36. The molecule has 0 spiro atoms. The molecule has 0 heterocycles. The Bertz CT molecular complexity index is 362. The Hall–Kier alpha value is -1.35. The van der Waals surface area contributed by atoms with Crippen molar-refractivity contribution in [3.8, 4) is 0 Å². The first-order valence-electron chi connectivity index (χ1n) is 4.95. The molecule has 0 radical (unpaired) electrons. The van der Waals surface area contributed by atoms with E-state index in [0.717, 1.165) is 22.3 Å². The Morgan fingerprint density at radius 2 is 1.73 bits per heavy atom. The predicted octanol–water partition coefficient (Wildman–Crippen LogP) is 1.96. The Morgan fingerprint density at radius 1 is 1.27 bits per heavy atom. The molecule has 15 heavy (non-hydrogen) atoms. The van der Waals surface area contributed by atoms with Gasteiger partial charge < -0.3 is 10.4 Å². The number of likely N-dealkylation sites (N-methyl/N-ethyl adjacent to an activating group) is 1. The van der Waals surface area contributed by atoms with Crippen molar-refractivity contribution in [2.75, 3.05) is 7.05 Å². The second kappa shape index (κ2) is 4.45. The molecule has 3 heteroatoms. The summed E-state index contributed by atoms with van der Waals surface area (Å²) in [5.74, 6) is -0.840. The Balaban J connectivity index is 3.29. The normalized spacial score (nSPS) is 12.5. The van der Waals surface area contributed by atoms with Crippen LogP contribution >= 0.6 is 0 Å². The van der Waals surface area contributed by atoms with Gasteiger partial charge in [-0.3, -0.25) is 4.79 Å². The SMILES string of the molecule is CN[C@@H](C(=O)O)c1c(C)cc(C)cc1C. The molecule has 0 aromatic heterocycles. The van der Waals surface area contributed by atoms with E-state index < -0.39 is 12.0 Å². The smallest absolute Gasteiger partial charge is 0.325 e. The third-order valence-electron chi connectivity index (χ3n) is 2.56. The standard InChI is InChI=1S/C12H17NO2/c1-7-5-8(2)10(9(3)6-7)11(13-4)12(14)15/h5-6,11,13H,1-4H3,(H,14,15)/t11-/m1/s1. The highest BCUT2D eigenvalue weighted by molar-refractivity contribution is 5.76. The fraction of sp³-hybridized carbons (Fsp3) is 0.417. The summed E-state index contributed by atoms with van der Waals surface area (Å²) in [6.07, 6.45) is 0. The van der Waals surface area contributed by atoms with Crippen molar-refractivity contribution in [3.63, 3.8) is 0 Å². The van der Waals surface area contributed by atoms with Gasteiger partial charge in [0, 0.05) is 0 Å². The predicted molar refractivity (Wildman–Crippen MR) is 60.1 cm³/mol. The van der Waals surface area contributed by atoms with Gasteiger partial charge in [-0.2, -0.15) is 0 Å². The van der Waals surface area contributed by atoms with Crippen LogP contribution in [-0.2, 0) is 4.79 Å². The minimum absolute atomic E-state index is 0.620. The van der Waals surface area contributed by atoms with Gasteiger partial charge in [-0.1, -0.05) is 17.7 Å². The molecule has 0 aliphatic heterocycles. The lowest BCUT2D eigenvalue weighted by Gasteiger charge is -2.17. The van der Waals surface area contributed by atoms with E-state index in [9.17, 15) is 4.79 Å². The van der Waals surface area contributed by atoms with E-state index in [0.29, 0.717) is 0 Å². The zero-order valence-corrected chi connectivity index (χ0v) is 9.59. The van der Waals surface area contributed by atoms with Gasteiger partial charge in [0.2, 0.25) is 0 Å². The van der Waals surface area contributed by atoms with Crippen LogP contribution in [0.5, 0.6) is 0 Å². The van der Waals surface area contributed by atoms with E-state index in [-0.39, 0.29) is 0 Å². The van der Waals surface area contributed by atoms with Gasteiger partial charge in [-0.05, 0) is 44.5 Å². The zero-order valence-electron chi connectivity index (χ0n) is 9.59. The van der Waals surface area contributed by atoms with Crippen LogP contribution in [0.3, 0.4) is 0 Å². The summed E-state index contributed by atoms with van der Waals surface area (Å²) in [6.45, 7) is 5.91. The molecule has 2 N–H and O–H groups in total. The van der Waals surface area contributed by atoms with Crippen molar-refractivity contribution in [1.29, 1.82) is 0 Å². The van der Waals surface area contributed by atoms with Gasteiger partial charge in [-0.15, -0.1) is 0 Å². The van der Waals surface area contributed by atoms with Crippen LogP contribution in [0.4, 0.5) is 0 Å². The van der Waals surface area contributed by atoms with Crippen molar-refractivity contribution >= 4 is 5.97 Å². The molecule has 82 valence electrons. The number of carboxylic acids is 1. The maximum Gasteiger partial charge on any atom is 0.325 e. The minimum Gasteiger partial charge on any atom is -0.480 e. The van der Waals surface area contributed by atoms with Crippen molar-refractivity contribution in [1.82, 2.24) is 5.32 Å². The highest BCUT2D eigenvalue weighted by Gasteiger charge is 2.21. The average molecular weight is 207 g/mol. The van der Waals surface area contributed by atoms with Crippen molar-refractivity contribution in [2.24, 2.45) is 0 Å². The van der Waals surface area contributed by atoms with Gasteiger partial charge in [0.25, 0.3) is 0 Å². The van der Waals surface area contributed by atoms with Crippen molar-refractivity contribution < 1.29 is 9.90 Å². The molecule has 1 rings (SSSR count). The second-order valence-corrected chi connectivity index (χ2v) is 3.87. The lowest BCUT2D eigenvalue weighted by Crippen LogP contribution is -2.26. The molecule has 0 aliphatic rings. The fourth-order valence-corrected chi connectivity index (χ4v) is 2.04. The van der Waals surface area contributed by atoms with E-state index >= 15 is 0 Å². The Labute approximate surface area is 90.1 Å². The van der Waals surface area contributed by atoms with Crippen LogP contribution in [0, 0.1) is 20.8 Å². The van der Waals surface area contributed by atoms with Crippen LogP contribution in [0.1, 0.15) is 28.3 Å². The largest absolute Gasteiger partial charge is 0.480 e. The number of aliphatic carboxylic acids is 1. The van der Waals surface area contributed by atoms with Crippen LogP contribution in [-0.4, -0.2) is 18.1 Å². The van der Waals surface area contributed by atoms with Crippen LogP contribution in [0.25, 0.3) is 0 Å². The maximum atomic E-state index is 11.1. The summed E-state index contributed by atoms with van der Waals surface area (Å²) in [5, 5.41) is 11.9. The molecular weight excluding hydrogens is 190 g/mol. The molecule has 0 saturated heterocycles. The lowest BCUT2D eigenvalue weighted by molar-refractivity contribution is -0.139. The quantitative estimate of drug-likeness (QED) is 0.796. The summed E-state index contributed by atoms with van der Waals surface area (Å²) in [4.78, 5) is 11.1. The second-order valence-electron chi connectivity index (χ2n) is 3.87. The number of rotatable bonds is 3. The number of benzene rings is 1. The van der Waals surface area contributed by atoms with Gasteiger partial charge >= 0.3 is 5.97 Å². The first-order chi connectivity index (χ1) is 6.97. The number of carboxylic acid groups (broad SMARTS) is 1. The van der Waals surface area contributed by atoms with Gasteiger partial charge in [0.15, 0.2) is 0 Å². The molecule has 0 bridgehead atoms. The topological polar surface area (TPSA) is 49.3 Å². The molecule has 0 saturated carbocycles. The van der Waals surface area contributed by atoms with E-state index in [1.165, 1.54) is 0 Å². The van der Waals surface area contributed by atoms with Gasteiger partial charge in [0.1, 0.15) is 6.04 Å². The lowest BCUT2D eigenvalue weighted by atomic mass is 9.94. The molecule has 0 amide bonds. The van der Waals surface area contributed by atoms with E-state index in [4.69, 9.17) is 5.11 Å². The molecule has 1 aromatic rings. The zero-order chi connectivity index (χ0) is 11.6. The summed E-state index contributed by atoms with van der Waals surface area (Å²) in [6, 6.07) is 3.40. The molecular formula is C12H17NO2. The first-order valence-corrected chi connectivity index (χ1v) is 4.95. The van der Waals surface area contributed by atoms with Crippen molar-refractivity contribution in [3.05, 3.63) is 34.4 Å². The summed E-state index contributed by atoms with van der Waals surface area (Å²) in [5.41, 5.74) is 4.08. The molecule has 0 fully saturated rings. The summed E-state index contributed by atoms with van der Waals surface area (Å²) >= 11 is 0. The van der Waals surface area contributed by atoms with Crippen LogP contribution < -0.4 is 5.32 Å². The molecule has 3 nitrogen and oxygen atoms in total. The van der Waals surface area contributed by atoms with Crippen LogP contribution in [0.2, 0.25) is 0 Å². The molecule has 1 atom stereocenters. The summed E-state index contributed by atoms with van der Waals surface area (Å²) < 4.78 is 0. The minimum atomic E-state index is -0.840. The molecule has 0 aliphatic carbocycles. The Kier molecular flexibility index (Phi) is 3.48. The van der Waals surface area contributed by atoms with Gasteiger partial charge in [-0.25, -0.2) is 0 Å². The number of aryl methyl sites for hydroxylation is 3. The third-order valence-corrected chi connectivity index (χ3v) is 2.56. The molecule has 0 unspecified atom stereocenters. The monoisotopic (exact) mass is 207 g/mol. The van der Waals surface area contributed by atoms with Gasteiger partial charge in [0.05, 0.1) is 0 Å². The highest BCUT2D eigenvalue weighted by atomic mass is 16.4. The highest BCUT2D eigenvalue weighted by Crippen LogP contribution is 2.23. The number of hydrogen-bond acceptors (Lipinski definition) is 2. The summed E-state index contributed by atoms with van der Waals surface area (Å²) in [7, 11) is 1.66. The van der Waals surface area contributed by atoms with Crippen LogP contribution in [0.15, 0.2) is 12.1 Å². The maximum absolute atomic E-state index is 11.1. The van der Waals surface area contributed by atoms with E-state index in [1.54, 1.807) is 7.05 Å². The fourth-order valence-electron chi connectivity index (χ4n) is 2.04. The number of carbonyl (C=O) groups is 1. The first kappa shape index (κ1) is 11.7. The van der Waals surface area contributed by atoms with Crippen molar-refractivity contribution in [2.45, 2.75) is 26.8 Å². The number of hydrogen-bond donors (Lipinski definition) is 2.